The molecule has 2 N–H and O–H groups in total. The van der Waals surface area contributed by atoms with Gasteiger partial charge >= 0.3 is 5.97 Å². The molecular weight excluding hydrogens is 342 g/mol. The molecule has 0 unspecified atom stereocenters. The minimum Gasteiger partial charge on any atom is -0.478 e. The van der Waals surface area contributed by atoms with Crippen LogP contribution in [-0.2, 0) is 4.79 Å². The molecule has 0 atom stereocenters. The summed E-state index contributed by atoms with van der Waals surface area (Å²) in [4.78, 5) is 47.8. The molecule has 0 saturated heterocycles. The topological polar surface area (TPSA) is 130 Å². The largest absolute Gasteiger partial charge is 0.478 e. The monoisotopic (exact) mass is 363 g/mol. The number of carbonyl (C=O) groups excluding carboxylic acids is 2. The van der Waals surface area contributed by atoms with Gasteiger partial charge in [-0.2, -0.15) is 0 Å². The van der Waals surface area contributed by atoms with E-state index in [9.17, 15) is 24.5 Å². The fourth-order valence-electron chi connectivity index (χ4n) is 3.32. The van der Waals surface area contributed by atoms with Crippen molar-refractivity contribution >= 4 is 23.5 Å². The van der Waals surface area contributed by atoms with Gasteiger partial charge < -0.3 is 15.3 Å². The number of nitro groups is 1. The van der Waals surface area contributed by atoms with Crippen LogP contribution in [0, 0.1) is 15.5 Å². The molecule has 1 aliphatic carbocycles. The van der Waals surface area contributed by atoms with Crippen LogP contribution < -0.4 is 5.32 Å². The van der Waals surface area contributed by atoms with E-state index in [0.29, 0.717) is 12.8 Å². The Morgan fingerprint density at radius 3 is 2.27 bits per heavy atom. The summed E-state index contributed by atoms with van der Waals surface area (Å²) < 4.78 is 0. The number of nitrogens with one attached hydrogen (secondary N) is 1. The lowest BCUT2D eigenvalue weighted by atomic mass is 9.84. The molecule has 9 heteroatoms. The van der Waals surface area contributed by atoms with Crippen molar-refractivity contribution in [2.75, 3.05) is 20.6 Å². The van der Waals surface area contributed by atoms with Crippen LogP contribution in [-0.4, -0.2) is 53.4 Å². The normalized spacial score (nSPS) is 15.3. The second-order valence-electron chi connectivity index (χ2n) is 6.70. The average Bonchev–Trinajstić information content (AvgIpc) is 3.08. The summed E-state index contributed by atoms with van der Waals surface area (Å²) in [6, 6.07) is 3.00. The summed E-state index contributed by atoms with van der Waals surface area (Å²) in [5, 5.41) is 22.7. The van der Waals surface area contributed by atoms with Gasteiger partial charge in [0.2, 0.25) is 5.91 Å². The Morgan fingerprint density at radius 1 is 1.19 bits per heavy atom. The molecule has 9 nitrogen and oxygen atoms in total. The van der Waals surface area contributed by atoms with Crippen molar-refractivity contribution in [1.29, 1.82) is 0 Å². The Labute approximate surface area is 150 Å². The van der Waals surface area contributed by atoms with Crippen molar-refractivity contribution < 1.29 is 24.4 Å². The molecule has 1 fully saturated rings. The van der Waals surface area contributed by atoms with Gasteiger partial charge in [-0.15, -0.1) is 0 Å². The molecule has 26 heavy (non-hydrogen) atoms. The van der Waals surface area contributed by atoms with E-state index in [1.54, 1.807) is 14.1 Å². The number of nitro benzene ring substituents is 1. The molecule has 1 saturated carbocycles. The van der Waals surface area contributed by atoms with Crippen molar-refractivity contribution in [3.63, 3.8) is 0 Å². The van der Waals surface area contributed by atoms with Gasteiger partial charge in [-0.3, -0.25) is 19.7 Å². The van der Waals surface area contributed by atoms with Gasteiger partial charge in [0.05, 0.1) is 15.9 Å². The number of carboxylic acids is 1. The molecule has 1 aliphatic rings. The number of nitrogens with zero attached hydrogens (tertiary/aromatic N) is 2. The third-order valence-corrected chi connectivity index (χ3v) is 4.65. The van der Waals surface area contributed by atoms with E-state index >= 15 is 0 Å². The van der Waals surface area contributed by atoms with Crippen LogP contribution >= 0.6 is 0 Å². The standard InChI is InChI=1S/C17H21N3O6/c1-19(2)16(24)17(5-3-4-6-17)10-18-14(21)11-7-12(15(22)23)9-13(8-11)20(25)26/h7-9H,3-6,10H2,1-2H3,(H,18,21)(H,22,23). The third kappa shape index (κ3) is 3.98. The van der Waals surface area contributed by atoms with Crippen molar-refractivity contribution in [2.24, 2.45) is 5.41 Å². The molecule has 2 rings (SSSR count). The van der Waals surface area contributed by atoms with Crippen molar-refractivity contribution in [2.45, 2.75) is 25.7 Å². The predicted molar refractivity (Wildman–Crippen MR) is 92.0 cm³/mol. The summed E-state index contributed by atoms with van der Waals surface area (Å²) in [5.74, 6) is -2.08. The zero-order valence-corrected chi connectivity index (χ0v) is 14.7. The quantitative estimate of drug-likeness (QED) is 0.584. The highest BCUT2D eigenvalue weighted by molar-refractivity contribution is 5.98. The SMILES string of the molecule is CN(C)C(=O)C1(CNC(=O)c2cc(C(=O)O)cc([N+](=O)[O-])c2)CCCC1. The number of hydrogen-bond donors (Lipinski definition) is 2. The third-order valence-electron chi connectivity index (χ3n) is 4.65. The molecule has 0 radical (unpaired) electrons. The Kier molecular flexibility index (Phi) is 5.59. The Morgan fingerprint density at radius 2 is 1.77 bits per heavy atom. The molecule has 1 aromatic carbocycles. The number of benzene rings is 1. The molecule has 0 spiro atoms. The first-order valence-electron chi connectivity index (χ1n) is 8.19. The van der Waals surface area contributed by atoms with E-state index < -0.39 is 27.9 Å². The summed E-state index contributed by atoms with van der Waals surface area (Å²) in [5.41, 5.74) is -1.63. The van der Waals surface area contributed by atoms with E-state index in [2.05, 4.69) is 5.32 Å². The van der Waals surface area contributed by atoms with Gasteiger partial charge in [-0.25, -0.2) is 4.79 Å². The second-order valence-corrected chi connectivity index (χ2v) is 6.70. The predicted octanol–water partition coefficient (Wildman–Crippen LogP) is 1.67. The minimum absolute atomic E-state index is 0.0689. The van der Waals surface area contributed by atoms with Crippen molar-refractivity contribution in [3.05, 3.63) is 39.4 Å². The Hall–Kier alpha value is -2.97. The number of carboxylic acid groups (broad SMARTS) is 1. The van der Waals surface area contributed by atoms with E-state index in [-0.39, 0.29) is 23.6 Å². The molecule has 0 aliphatic heterocycles. The van der Waals surface area contributed by atoms with Crippen LogP contribution in [0.1, 0.15) is 46.4 Å². The molecule has 0 aromatic heterocycles. The molecule has 140 valence electrons. The van der Waals surface area contributed by atoms with E-state index in [0.717, 1.165) is 31.0 Å². The van der Waals surface area contributed by atoms with Gasteiger partial charge in [0.1, 0.15) is 0 Å². The van der Waals surface area contributed by atoms with E-state index in [1.165, 1.54) is 4.90 Å². The highest BCUT2D eigenvalue weighted by atomic mass is 16.6. The number of hydrogen-bond acceptors (Lipinski definition) is 5. The molecule has 2 amide bonds. The minimum atomic E-state index is -1.36. The highest BCUT2D eigenvalue weighted by Gasteiger charge is 2.42. The van der Waals surface area contributed by atoms with Crippen LogP contribution in [0.15, 0.2) is 18.2 Å². The number of rotatable bonds is 6. The first-order valence-corrected chi connectivity index (χ1v) is 8.19. The maximum atomic E-state index is 12.5. The zero-order valence-electron chi connectivity index (χ0n) is 14.7. The van der Waals surface area contributed by atoms with Crippen molar-refractivity contribution in [1.82, 2.24) is 10.2 Å². The van der Waals surface area contributed by atoms with E-state index in [1.807, 2.05) is 0 Å². The van der Waals surface area contributed by atoms with E-state index in [4.69, 9.17) is 5.11 Å². The maximum absolute atomic E-state index is 12.5. The molecule has 0 heterocycles. The van der Waals surface area contributed by atoms with Crippen LogP contribution in [0.4, 0.5) is 5.69 Å². The van der Waals surface area contributed by atoms with Crippen LogP contribution in [0.5, 0.6) is 0 Å². The number of non-ortho nitro benzene ring substituents is 1. The molecule has 1 aromatic rings. The lowest BCUT2D eigenvalue weighted by molar-refractivity contribution is -0.384. The fraction of sp³-hybridized carbons (Fsp3) is 0.471. The molecular formula is C17H21N3O6. The van der Waals surface area contributed by atoms with Gasteiger partial charge in [0.15, 0.2) is 0 Å². The number of amides is 2. The second kappa shape index (κ2) is 7.51. The van der Waals surface area contributed by atoms with Gasteiger partial charge in [-0.05, 0) is 18.9 Å². The summed E-state index contributed by atoms with van der Waals surface area (Å²) in [6.45, 7) is 0.105. The van der Waals surface area contributed by atoms with Gasteiger partial charge in [-0.1, -0.05) is 12.8 Å². The average molecular weight is 363 g/mol. The molecule has 0 bridgehead atoms. The number of aromatic carboxylic acids is 1. The van der Waals surface area contributed by atoms with Crippen LogP contribution in [0.25, 0.3) is 0 Å². The first-order chi connectivity index (χ1) is 12.2. The van der Waals surface area contributed by atoms with Gasteiger partial charge in [0.25, 0.3) is 11.6 Å². The van der Waals surface area contributed by atoms with Crippen LogP contribution in [0.2, 0.25) is 0 Å². The summed E-state index contributed by atoms with van der Waals surface area (Å²) >= 11 is 0. The lowest BCUT2D eigenvalue weighted by Gasteiger charge is -2.30. The first kappa shape index (κ1) is 19.4. The maximum Gasteiger partial charge on any atom is 0.335 e. The smallest absolute Gasteiger partial charge is 0.335 e. The van der Waals surface area contributed by atoms with Gasteiger partial charge in [0, 0.05) is 38.3 Å². The Bertz CT molecular complexity index is 721. The summed E-state index contributed by atoms with van der Waals surface area (Å²) in [6.07, 6.45) is 3.07. The highest BCUT2D eigenvalue weighted by Crippen LogP contribution is 2.39. The van der Waals surface area contributed by atoms with Crippen molar-refractivity contribution in [3.8, 4) is 0 Å². The lowest BCUT2D eigenvalue weighted by Crippen LogP contribution is -2.46. The summed E-state index contributed by atoms with van der Waals surface area (Å²) in [7, 11) is 3.31. The van der Waals surface area contributed by atoms with Crippen LogP contribution in [0.3, 0.4) is 0 Å². The Balaban J connectivity index is 2.22. The number of carbonyl (C=O) groups is 3. The zero-order chi connectivity index (χ0) is 19.5. The fourth-order valence-corrected chi connectivity index (χ4v) is 3.32.